The molecule has 2 rings (SSSR count). The van der Waals surface area contributed by atoms with Gasteiger partial charge >= 0.3 is 0 Å². The highest BCUT2D eigenvalue weighted by Gasteiger charge is 2.31. The fourth-order valence-electron chi connectivity index (χ4n) is 2.53. The summed E-state index contributed by atoms with van der Waals surface area (Å²) in [6.45, 7) is 6.01. The zero-order valence-corrected chi connectivity index (χ0v) is 12.4. The van der Waals surface area contributed by atoms with Crippen molar-refractivity contribution < 1.29 is 9.59 Å². The minimum Gasteiger partial charge on any atom is -0.343 e. The van der Waals surface area contributed by atoms with Crippen molar-refractivity contribution in [3.8, 4) is 0 Å². The largest absolute Gasteiger partial charge is 0.343 e. The van der Waals surface area contributed by atoms with Crippen molar-refractivity contribution >= 4 is 23.6 Å². The first kappa shape index (κ1) is 14.7. The molecule has 6 heteroatoms. The molecule has 2 fully saturated rings. The Morgan fingerprint density at radius 1 is 1.26 bits per heavy atom. The summed E-state index contributed by atoms with van der Waals surface area (Å²) in [6, 6.07) is -0.303. The van der Waals surface area contributed by atoms with E-state index in [0.29, 0.717) is 6.54 Å². The fourth-order valence-corrected chi connectivity index (χ4v) is 3.51. The van der Waals surface area contributed by atoms with Gasteiger partial charge < -0.3 is 10.2 Å². The van der Waals surface area contributed by atoms with E-state index in [-0.39, 0.29) is 24.4 Å². The molecular weight excluding hydrogens is 262 g/mol. The first-order chi connectivity index (χ1) is 9.20. The lowest BCUT2D eigenvalue weighted by atomic mass is 10.1. The van der Waals surface area contributed by atoms with Gasteiger partial charge in [0, 0.05) is 37.7 Å². The van der Waals surface area contributed by atoms with Crippen LogP contribution >= 0.6 is 11.8 Å². The molecule has 0 aromatic heterocycles. The Morgan fingerprint density at radius 2 is 2.00 bits per heavy atom. The quantitative estimate of drug-likeness (QED) is 0.782. The van der Waals surface area contributed by atoms with Crippen molar-refractivity contribution in [1.82, 2.24) is 15.1 Å². The molecule has 0 radical (unpaired) electrons. The summed E-state index contributed by atoms with van der Waals surface area (Å²) >= 11 is 1.98. The Labute approximate surface area is 119 Å². The number of hydrogen-bond acceptors (Lipinski definition) is 4. The van der Waals surface area contributed by atoms with E-state index in [0.717, 1.165) is 32.5 Å². The van der Waals surface area contributed by atoms with Crippen LogP contribution in [0.5, 0.6) is 0 Å². The number of rotatable bonds is 5. The maximum absolute atomic E-state index is 12.2. The summed E-state index contributed by atoms with van der Waals surface area (Å²) in [5.41, 5.74) is 0. The van der Waals surface area contributed by atoms with Gasteiger partial charge in [0.1, 0.15) is 6.04 Å². The molecule has 1 atom stereocenters. The van der Waals surface area contributed by atoms with Crippen molar-refractivity contribution in [3.05, 3.63) is 0 Å². The second-order valence-electron chi connectivity index (χ2n) is 5.12. The van der Waals surface area contributed by atoms with Crippen LogP contribution in [0.1, 0.15) is 19.8 Å². The van der Waals surface area contributed by atoms with E-state index < -0.39 is 0 Å². The van der Waals surface area contributed by atoms with Crippen molar-refractivity contribution in [2.75, 3.05) is 44.2 Å². The van der Waals surface area contributed by atoms with Crippen molar-refractivity contribution in [2.24, 2.45) is 0 Å². The second-order valence-corrected chi connectivity index (χ2v) is 6.35. The first-order valence-corrected chi connectivity index (χ1v) is 8.24. The van der Waals surface area contributed by atoms with Crippen molar-refractivity contribution in [2.45, 2.75) is 25.8 Å². The number of carbonyl (C=O) groups excluding carboxylic acids is 2. The van der Waals surface area contributed by atoms with Crippen molar-refractivity contribution in [1.29, 1.82) is 0 Å². The SMILES string of the molecule is CCCC1NC(=O)CN(CCN2CCSCC2)C1=O. The molecule has 5 nitrogen and oxygen atoms in total. The van der Waals surface area contributed by atoms with Crippen LogP contribution in [0.25, 0.3) is 0 Å². The average molecular weight is 285 g/mol. The van der Waals surface area contributed by atoms with E-state index in [2.05, 4.69) is 10.2 Å². The fraction of sp³-hybridized carbons (Fsp3) is 0.846. The first-order valence-electron chi connectivity index (χ1n) is 7.09. The molecule has 0 aromatic carbocycles. The molecule has 0 bridgehead atoms. The number of thioether (sulfide) groups is 1. The maximum Gasteiger partial charge on any atom is 0.245 e. The van der Waals surface area contributed by atoms with Gasteiger partial charge in [-0.15, -0.1) is 0 Å². The predicted molar refractivity (Wildman–Crippen MR) is 77.2 cm³/mol. The molecular formula is C13H23N3O2S. The van der Waals surface area contributed by atoms with Gasteiger partial charge in [0.2, 0.25) is 11.8 Å². The lowest BCUT2D eigenvalue weighted by Crippen LogP contribution is -2.59. The van der Waals surface area contributed by atoms with Crippen molar-refractivity contribution in [3.63, 3.8) is 0 Å². The molecule has 1 unspecified atom stereocenters. The molecule has 2 aliphatic heterocycles. The summed E-state index contributed by atoms with van der Waals surface area (Å²) in [5, 5.41) is 2.79. The van der Waals surface area contributed by atoms with Crippen LogP contribution in [0.3, 0.4) is 0 Å². The van der Waals surface area contributed by atoms with Crippen LogP contribution in [0, 0.1) is 0 Å². The molecule has 108 valence electrons. The van der Waals surface area contributed by atoms with Crippen LogP contribution in [-0.2, 0) is 9.59 Å². The summed E-state index contributed by atoms with van der Waals surface area (Å²) in [7, 11) is 0. The molecule has 1 N–H and O–H groups in total. The van der Waals surface area contributed by atoms with Gasteiger partial charge in [-0.2, -0.15) is 11.8 Å². The molecule has 19 heavy (non-hydrogen) atoms. The standard InChI is InChI=1S/C13H23N3O2S/c1-2-3-11-13(18)16(10-12(17)14-11)5-4-15-6-8-19-9-7-15/h11H,2-10H2,1H3,(H,14,17). The maximum atomic E-state index is 12.2. The number of hydrogen-bond donors (Lipinski definition) is 1. The smallest absolute Gasteiger partial charge is 0.245 e. The molecule has 2 heterocycles. The van der Waals surface area contributed by atoms with E-state index in [1.807, 2.05) is 18.7 Å². The van der Waals surface area contributed by atoms with E-state index >= 15 is 0 Å². The van der Waals surface area contributed by atoms with Crippen LogP contribution in [0.15, 0.2) is 0 Å². The number of carbonyl (C=O) groups is 2. The monoisotopic (exact) mass is 285 g/mol. The van der Waals surface area contributed by atoms with Gasteiger partial charge in [0.25, 0.3) is 0 Å². The van der Waals surface area contributed by atoms with Gasteiger partial charge in [-0.25, -0.2) is 0 Å². The van der Waals surface area contributed by atoms with Crippen LogP contribution < -0.4 is 5.32 Å². The molecule has 0 spiro atoms. The van der Waals surface area contributed by atoms with E-state index in [4.69, 9.17) is 0 Å². The Hall–Kier alpha value is -0.750. The molecule has 0 aliphatic carbocycles. The van der Waals surface area contributed by atoms with E-state index in [1.165, 1.54) is 11.5 Å². The van der Waals surface area contributed by atoms with Gasteiger partial charge in [-0.1, -0.05) is 13.3 Å². The summed E-state index contributed by atoms with van der Waals surface area (Å²) in [6.07, 6.45) is 1.65. The third-order valence-corrected chi connectivity index (χ3v) is 4.59. The molecule has 0 aromatic rings. The average Bonchev–Trinajstić information content (AvgIpc) is 2.42. The van der Waals surface area contributed by atoms with Crippen LogP contribution in [-0.4, -0.2) is 71.9 Å². The zero-order valence-electron chi connectivity index (χ0n) is 11.6. The lowest BCUT2D eigenvalue weighted by Gasteiger charge is -2.34. The molecule has 2 amide bonds. The topological polar surface area (TPSA) is 52.7 Å². The van der Waals surface area contributed by atoms with Gasteiger partial charge in [0.05, 0.1) is 6.54 Å². The Balaban J connectivity index is 1.83. The summed E-state index contributed by atoms with van der Waals surface area (Å²) in [4.78, 5) is 28.0. The van der Waals surface area contributed by atoms with E-state index in [1.54, 1.807) is 4.90 Å². The highest BCUT2D eigenvalue weighted by molar-refractivity contribution is 7.99. The summed E-state index contributed by atoms with van der Waals surface area (Å²) in [5.74, 6) is 2.42. The Kier molecular flexibility index (Phi) is 5.51. The number of nitrogens with one attached hydrogen (secondary N) is 1. The molecule has 2 aliphatic rings. The van der Waals surface area contributed by atoms with Gasteiger partial charge in [0.15, 0.2) is 0 Å². The zero-order chi connectivity index (χ0) is 13.7. The number of amides is 2. The minimum absolute atomic E-state index is 0.0211. The third kappa shape index (κ3) is 4.11. The van der Waals surface area contributed by atoms with Crippen LogP contribution in [0.4, 0.5) is 0 Å². The third-order valence-electron chi connectivity index (χ3n) is 3.65. The lowest BCUT2D eigenvalue weighted by molar-refractivity contribution is -0.144. The van der Waals surface area contributed by atoms with E-state index in [9.17, 15) is 9.59 Å². The number of nitrogens with zero attached hydrogens (tertiary/aromatic N) is 2. The van der Waals surface area contributed by atoms with Gasteiger partial charge in [-0.05, 0) is 6.42 Å². The molecule has 0 saturated carbocycles. The highest BCUT2D eigenvalue weighted by atomic mass is 32.2. The molecule has 2 saturated heterocycles. The summed E-state index contributed by atoms with van der Waals surface area (Å²) < 4.78 is 0. The highest BCUT2D eigenvalue weighted by Crippen LogP contribution is 2.11. The van der Waals surface area contributed by atoms with Gasteiger partial charge in [-0.3, -0.25) is 14.5 Å². The number of piperazine rings is 1. The predicted octanol–water partition coefficient (Wildman–Crippen LogP) is 0.162. The Bertz CT molecular complexity index is 332. The normalized spacial score (nSPS) is 25.5. The Morgan fingerprint density at radius 3 is 2.68 bits per heavy atom. The minimum atomic E-state index is -0.303. The second kappa shape index (κ2) is 7.14. The van der Waals surface area contributed by atoms with Crippen LogP contribution in [0.2, 0.25) is 0 Å².